The van der Waals surface area contributed by atoms with Crippen LogP contribution in [0.1, 0.15) is 5.01 Å². The van der Waals surface area contributed by atoms with E-state index in [9.17, 15) is 4.79 Å². The number of carbonyl (C=O) groups excluding carboxylic acids is 1. The number of ether oxygens (including phenoxy) is 2. The highest BCUT2D eigenvalue weighted by Crippen LogP contribution is 2.22. The summed E-state index contributed by atoms with van der Waals surface area (Å²) in [6.07, 6.45) is 0. The van der Waals surface area contributed by atoms with Crippen LogP contribution in [0.5, 0.6) is 5.75 Å². The van der Waals surface area contributed by atoms with Gasteiger partial charge in [0.2, 0.25) is 5.13 Å². The zero-order valence-corrected chi connectivity index (χ0v) is 14.5. The van der Waals surface area contributed by atoms with E-state index in [2.05, 4.69) is 15.5 Å². The van der Waals surface area contributed by atoms with Gasteiger partial charge in [0.25, 0.3) is 5.91 Å². The van der Waals surface area contributed by atoms with E-state index in [1.54, 1.807) is 7.11 Å². The van der Waals surface area contributed by atoms with Crippen LogP contribution >= 0.6 is 11.3 Å². The number of hydrogen-bond acceptors (Lipinski definition) is 6. The number of amides is 1. The minimum absolute atomic E-state index is 0.0934. The first-order valence-corrected chi connectivity index (χ1v) is 8.45. The number of nitrogens with zero attached hydrogens (tertiary/aromatic N) is 2. The maximum Gasteiger partial charge on any atom is 0.264 e. The molecule has 0 aliphatic carbocycles. The van der Waals surface area contributed by atoms with Crippen molar-refractivity contribution < 1.29 is 14.3 Å². The Bertz CT molecular complexity index is 819. The van der Waals surface area contributed by atoms with Gasteiger partial charge in [0.05, 0.1) is 0 Å². The van der Waals surface area contributed by atoms with Crippen LogP contribution in [0.4, 0.5) is 5.13 Å². The Balaban J connectivity index is 1.51. The van der Waals surface area contributed by atoms with E-state index >= 15 is 0 Å². The molecule has 0 saturated carbocycles. The Hall–Kier alpha value is -2.77. The maximum atomic E-state index is 11.9. The summed E-state index contributed by atoms with van der Waals surface area (Å²) in [5, 5.41) is 11.6. The van der Waals surface area contributed by atoms with Gasteiger partial charge in [-0.25, -0.2) is 0 Å². The molecule has 0 unspecified atom stereocenters. The molecule has 0 aliphatic rings. The van der Waals surface area contributed by atoms with Crippen LogP contribution in [0.2, 0.25) is 0 Å². The van der Waals surface area contributed by atoms with Gasteiger partial charge in [0, 0.05) is 7.11 Å². The molecule has 7 heteroatoms. The SMILES string of the molecule is COCc1nnc(NC(=O)COc2ccc(-c3ccccc3)cc2)s1. The fraction of sp³-hybridized carbons (Fsp3) is 0.167. The summed E-state index contributed by atoms with van der Waals surface area (Å²) in [6, 6.07) is 17.7. The minimum Gasteiger partial charge on any atom is -0.484 e. The standard InChI is InChI=1S/C18H17N3O3S/c1-23-12-17-20-21-18(25-17)19-16(22)11-24-15-9-7-14(8-10-15)13-5-3-2-4-6-13/h2-10H,11-12H2,1H3,(H,19,21,22). The van der Waals surface area contributed by atoms with Crippen molar-refractivity contribution in [2.75, 3.05) is 19.0 Å². The molecular formula is C18H17N3O3S. The fourth-order valence-corrected chi connectivity index (χ4v) is 2.89. The van der Waals surface area contributed by atoms with Crippen LogP contribution in [0.25, 0.3) is 11.1 Å². The number of carbonyl (C=O) groups is 1. The Kier molecular flexibility index (Phi) is 5.71. The van der Waals surface area contributed by atoms with Gasteiger partial charge < -0.3 is 9.47 Å². The lowest BCUT2D eigenvalue weighted by molar-refractivity contribution is -0.118. The third kappa shape index (κ3) is 4.85. The quantitative estimate of drug-likeness (QED) is 0.703. The molecule has 0 aliphatic heterocycles. The Morgan fingerprint density at radius 2 is 1.76 bits per heavy atom. The van der Waals surface area contributed by atoms with E-state index in [1.165, 1.54) is 11.3 Å². The molecule has 2 aromatic carbocycles. The molecule has 3 aromatic rings. The summed E-state index contributed by atoms with van der Waals surface area (Å²) in [5.41, 5.74) is 2.23. The molecule has 3 rings (SSSR count). The second-order valence-electron chi connectivity index (χ2n) is 5.16. The second-order valence-corrected chi connectivity index (χ2v) is 6.22. The highest BCUT2D eigenvalue weighted by Gasteiger charge is 2.09. The third-order valence-corrected chi connectivity index (χ3v) is 4.12. The first-order chi connectivity index (χ1) is 12.2. The highest BCUT2D eigenvalue weighted by molar-refractivity contribution is 7.15. The first kappa shape index (κ1) is 17.1. The zero-order chi connectivity index (χ0) is 17.5. The van der Waals surface area contributed by atoms with Crippen LogP contribution in [-0.2, 0) is 16.1 Å². The van der Waals surface area contributed by atoms with Crippen molar-refractivity contribution in [2.24, 2.45) is 0 Å². The average Bonchev–Trinajstić information content (AvgIpc) is 3.08. The molecule has 128 valence electrons. The lowest BCUT2D eigenvalue weighted by atomic mass is 10.1. The maximum absolute atomic E-state index is 11.9. The van der Waals surface area contributed by atoms with Crippen molar-refractivity contribution in [3.63, 3.8) is 0 Å². The van der Waals surface area contributed by atoms with Gasteiger partial charge in [0.15, 0.2) is 6.61 Å². The van der Waals surface area contributed by atoms with E-state index in [4.69, 9.17) is 9.47 Å². The molecule has 0 fully saturated rings. The van der Waals surface area contributed by atoms with Crippen molar-refractivity contribution in [3.8, 4) is 16.9 Å². The largest absolute Gasteiger partial charge is 0.484 e. The summed E-state index contributed by atoms with van der Waals surface area (Å²) in [4.78, 5) is 11.9. The molecule has 1 aromatic heterocycles. The lowest BCUT2D eigenvalue weighted by Gasteiger charge is -2.07. The molecule has 1 amide bonds. The van der Waals surface area contributed by atoms with Gasteiger partial charge in [-0.05, 0) is 23.3 Å². The molecule has 1 N–H and O–H groups in total. The van der Waals surface area contributed by atoms with Gasteiger partial charge in [-0.1, -0.05) is 53.8 Å². The van der Waals surface area contributed by atoms with Gasteiger partial charge >= 0.3 is 0 Å². The number of aromatic nitrogens is 2. The normalized spacial score (nSPS) is 10.4. The van der Waals surface area contributed by atoms with Crippen molar-refractivity contribution in [3.05, 3.63) is 59.6 Å². The number of rotatable bonds is 7. The third-order valence-electron chi connectivity index (χ3n) is 3.31. The summed E-state index contributed by atoms with van der Waals surface area (Å²) < 4.78 is 10.5. The van der Waals surface area contributed by atoms with E-state index < -0.39 is 0 Å². The minimum atomic E-state index is -0.285. The monoisotopic (exact) mass is 355 g/mol. The predicted molar refractivity (Wildman–Crippen MR) is 96.6 cm³/mol. The Morgan fingerprint density at radius 1 is 1.04 bits per heavy atom. The molecule has 0 bridgehead atoms. The van der Waals surface area contributed by atoms with Crippen LogP contribution in [0.15, 0.2) is 54.6 Å². The number of anilines is 1. The Labute approximate surface area is 149 Å². The van der Waals surface area contributed by atoms with Crippen LogP contribution in [0, 0.1) is 0 Å². The van der Waals surface area contributed by atoms with E-state index in [-0.39, 0.29) is 12.5 Å². The fourth-order valence-electron chi connectivity index (χ4n) is 2.16. The molecule has 1 heterocycles. The van der Waals surface area contributed by atoms with Gasteiger partial charge in [-0.15, -0.1) is 10.2 Å². The highest BCUT2D eigenvalue weighted by atomic mass is 32.1. The summed E-state index contributed by atoms with van der Waals surface area (Å²) >= 11 is 1.27. The molecule has 6 nitrogen and oxygen atoms in total. The van der Waals surface area contributed by atoms with Gasteiger partial charge in [0.1, 0.15) is 17.4 Å². The van der Waals surface area contributed by atoms with Crippen molar-refractivity contribution in [1.29, 1.82) is 0 Å². The Morgan fingerprint density at radius 3 is 2.48 bits per heavy atom. The number of benzene rings is 2. The first-order valence-electron chi connectivity index (χ1n) is 7.64. The molecule has 0 radical (unpaired) electrons. The number of methoxy groups -OCH3 is 1. The van der Waals surface area contributed by atoms with Gasteiger partial charge in [-0.2, -0.15) is 0 Å². The summed E-state index contributed by atoms with van der Waals surface area (Å²) in [5.74, 6) is 0.347. The van der Waals surface area contributed by atoms with Crippen molar-refractivity contribution >= 4 is 22.4 Å². The summed E-state index contributed by atoms with van der Waals surface area (Å²) in [6.45, 7) is 0.279. The van der Waals surface area contributed by atoms with E-state index in [1.807, 2.05) is 54.6 Å². The van der Waals surface area contributed by atoms with Crippen molar-refractivity contribution in [2.45, 2.75) is 6.61 Å². The molecular weight excluding hydrogens is 338 g/mol. The second kappa shape index (κ2) is 8.36. The molecule has 25 heavy (non-hydrogen) atoms. The van der Waals surface area contributed by atoms with E-state index in [0.29, 0.717) is 22.5 Å². The van der Waals surface area contributed by atoms with Gasteiger partial charge in [-0.3, -0.25) is 10.1 Å². The smallest absolute Gasteiger partial charge is 0.264 e. The zero-order valence-electron chi connectivity index (χ0n) is 13.6. The average molecular weight is 355 g/mol. The predicted octanol–water partition coefficient (Wildman–Crippen LogP) is 3.37. The molecule has 0 atom stereocenters. The van der Waals surface area contributed by atoms with Crippen LogP contribution in [-0.4, -0.2) is 29.8 Å². The number of nitrogens with one attached hydrogen (secondary N) is 1. The van der Waals surface area contributed by atoms with Crippen LogP contribution in [0.3, 0.4) is 0 Å². The topological polar surface area (TPSA) is 73.3 Å². The molecule has 0 saturated heterocycles. The number of hydrogen-bond donors (Lipinski definition) is 1. The van der Waals surface area contributed by atoms with Crippen molar-refractivity contribution in [1.82, 2.24) is 10.2 Å². The lowest BCUT2D eigenvalue weighted by Crippen LogP contribution is -2.20. The van der Waals surface area contributed by atoms with E-state index in [0.717, 1.165) is 11.1 Å². The summed E-state index contributed by atoms with van der Waals surface area (Å²) in [7, 11) is 1.58. The molecule has 0 spiro atoms. The van der Waals surface area contributed by atoms with Crippen LogP contribution < -0.4 is 10.1 Å².